The van der Waals surface area contributed by atoms with Crippen molar-refractivity contribution in [2.24, 2.45) is 0 Å². The van der Waals surface area contributed by atoms with Gasteiger partial charge in [-0.25, -0.2) is 13.4 Å². The molecule has 1 N–H and O–H groups in total. The third-order valence-corrected chi connectivity index (χ3v) is 5.36. The third-order valence-electron chi connectivity index (χ3n) is 2.80. The average Bonchev–Trinajstić information content (AvgIpc) is 2.73. The molecule has 1 aromatic rings. The number of aryl methyl sites for hydroxylation is 1. The van der Waals surface area contributed by atoms with Gasteiger partial charge in [-0.15, -0.1) is 11.3 Å². The Morgan fingerprint density at radius 3 is 2.88 bits per heavy atom. The zero-order valence-electron chi connectivity index (χ0n) is 9.43. The van der Waals surface area contributed by atoms with Crippen LogP contribution in [0.3, 0.4) is 0 Å². The lowest BCUT2D eigenvalue weighted by atomic mass is 10.2. The molecule has 0 aliphatic carbocycles. The first-order valence-electron chi connectivity index (χ1n) is 5.35. The molecule has 1 saturated heterocycles. The van der Waals surface area contributed by atoms with E-state index >= 15 is 0 Å². The Morgan fingerprint density at radius 1 is 1.62 bits per heavy atom. The molecule has 0 amide bonds. The first-order chi connectivity index (χ1) is 7.46. The third kappa shape index (κ3) is 2.81. The van der Waals surface area contributed by atoms with E-state index in [1.165, 1.54) is 0 Å². The van der Waals surface area contributed by atoms with Crippen LogP contribution in [0.5, 0.6) is 0 Å². The van der Waals surface area contributed by atoms with Gasteiger partial charge in [0.05, 0.1) is 22.2 Å². The topological polar surface area (TPSA) is 59.1 Å². The second-order valence-electron chi connectivity index (χ2n) is 4.28. The van der Waals surface area contributed by atoms with Gasteiger partial charge in [0.1, 0.15) is 0 Å². The van der Waals surface area contributed by atoms with Gasteiger partial charge in [-0.3, -0.25) is 0 Å². The summed E-state index contributed by atoms with van der Waals surface area (Å²) in [5.74, 6) is 0.577. The molecule has 0 saturated carbocycles. The number of hydrogen-bond acceptors (Lipinski definition) is 5. The van der Waals surface area contributed by atoms with E-state index < -0.39 is 9.84 Å². The Hall–Kier alpha value is -0.460. The van der Waals surface area contributed by atoms with Gasteiger partial charge in [0, 0.05) is 17.5 Å². The van der Waals surface area contributed by atoms with Crippen LogP contribution in [0.4, 0.5) is 0 Å². The number of nitrogens with zero attached hydrogens (tertiary/aromatic N) is 1. The van der Waals surface area contributed by atoms with Crippen molar-refractivity contribution in [3.8, 4) is 0 Å². The predicted molar refractivity (Wildman–Crippen MR) is 65.5 cm³/mol. The summed E-state index contributed by atoms with van der Waals surface area (Å²) in [5, 5.41) is 6.40. The molecule has 2 rings (SSSR count). The van der Waals surface area contributed by atoms with Gasteiger partial charge >= 0.3 is 0 Å². The molecule has 0 radical (unpaired) electrons. The van der Waals surface area contributed by atoms with Gasteiger partial charge in [-0.1, -0.05) is 0 Å². The maximum Gasteiger partial charge on any atom is 0.151 e. The number of rotatable bonds is 3. The Morgan fingerprint density at radius 2 is 2.38 bits per heavy atom. The first kappa shape index (κ1) is 12.0. The molecule has 0 bridgehead atoms. The Kier molecular flexibility index (Phi) is 3.32. The van der Waals surface area contributed by atoms with E-state index in [-0.39, 0.29) is 17.8 Å². The van der Waals surface area contributed by atoms with Crippen molar-refractivity contribution in [1.82, 2.24) is 10.3 Å². The van der Waals surface area contributed by atoms with Gasteiger partial charge in [-0.2, -0.15) is 0 Å². The highest BCUT2D eigenvalue weighted by atomic mass is 32.2. The van der Waals surface area contributed by atoms with Crippen molar-refractivity contribution < 1.29 is 8.42 Å². The summed E-state index contributed by atoms with van der Waals surface area (Å²) in [4.78, 5) is 4.40. The van der Waals surface area contributed by atoms with Crippen LogP contribution in [-0.2, 0) is 9.84 Å². The van der Waals surface area contributed by atoms with Gasteiger partial charge < -0.3 is 5.32 Å². The van der Waals surface area contributed by atoms with E-state index in [2.05, 4.69) is 10.3 Å². The number of thiazole rings is 1. The van der Waals surface area contributed by atoms with Gasteiger partial charge in [-0.05, 0) is 20.3 Å². The molecule has 2 heterocycles. The lowest BCUT2D eigenvalue weighted by Crippen LogP contribution is -2.32. The van der Waals surface area contributed by atoms with Gasteiger partial charge in [0.2, 0.25) is 0 Å². The molecular weight excluding hydrogens is 244 g/mol. The molecule has 1 fully saturated rings. The minimum Gasteiger partial charge on any atom is -0.305 e. The Balaban J connectivity index is 1.96. The fourth-order valence-corrected chi connectivity index (χ4v) is 4.34. The normalized spacial score (nSPS) is 25.8. The highest BCUT2D eigenvalue weighted by molar-refractivity contribution is 7.91. The van der Waals surface area contributed by atoms with Crippen molar-refractivity contribution in [3.05, 3.63) is 16.1 Å². The van der Waals surface area contributed by atoms with E-state index in [9.17, 15) is 8.42 Å². The second-order valence-corrected chi connectivity index (χ2v) is 7.57. The molecule has 4 nitrogen and oxygen atoms in total. The highest BCUT2D eigenvalue weighted by Crippen LogP contribution is 2.19. The lowest BCUT2D eigenvalue weighted by Gasteiger charge is -2.16. The molecule has 1 aliphatic rings. The zero-order valence-corrected chi connectivity index (χ0v) is 11.1. The largest absolute Gasteiger partial charge is 0.305 e. The van der Waals surface area contributed by atoms with E-state index in [1.807, 2.05) is 19.2 Å². The fourth-order valence-electron chi connectivity index (χ4n) is 1.94. The van der Waals surface area contributed by atoms with E-state index in [0.717, 1.165) is 17.1 Å². The van der Waals surface area contributed by atoms with Crippen LogP contribution in [-0.4, -0.2) is 30.9 Å². The molecule has 2 atom stereocenters. The fraction of sp³-hybridized carbons (Fsp3) is 0.700. The number of nitrogens with one attached hydrogen (secondary N) is 1. The minimum absolute atomic E-state index is 0.0852. The summed E-state index contributed by atoms with van der Waals surface area (Å²) in [5.41, 5.74) is 1.01. The van der Waals surface area contributed by atoms with Crippen molar-refractivity contribution in [1.29, 1.82) is 0 Å². The molecule has 0 aromatic carbocycles. The lowest BCUT2D eigenvalue weighted by molar-refractivity contribution is 0.478. The van der Waals surface area contributed by atoms with Crippen LogP contribution in [0.2, 0.25) is 0 Å². The number of aromatic nitrogens is 1. The maximum absolute atomic E-state index is 11.3. The summed E-state index contributed by atoms with van der Waals surface area (Å²) < 4.78 is 22.6. The van der Waals surface area contributed by atoms with E-state index in [1.54, 1.807) is 11.3 Å². The summed E-state index contributed by atoms with van der Waals surface area (Å²) in [6.45, 7) is 4.00. The van der Waals surface area contributed by atoms with Crippen molar-refractivity contribution in [2.75, 3.05) is 11.5 Å². The van der Waals surface area contributed by atoms with Crippen LogP contribution < -0.4 is 5.32 Å². The molecule has 0 spiro atoms. The second kappa shape index (κ2) is 4.43. The predicted octanol–water partition coefficient (Wildman–Crippen LogP) is 1.29. The summed E-state index contributed by atoms with van der Waals surface area (Å²) in [7, 11) is -2.80. The monoisotopic (exact) mass is 260 g/mol. The maximum atomic E-state index is 11.3. The van der Waals surface area contributed by atoms with Crippen LogP contribution in [0.15, 0.2) is 5.38 Å². The average molecular weight is 260 g/mol. The molecule has 1 aromatic heterocycles. The molecule has 90 valence electrons. The molecule has 6 heteroatoms. The molecule has 2 unspecified atom stereocenters. The van der Waals surface area contributed by atoms with Crippen LogP contribution in [0, 0.1) is 6.92 Å². The standard InChI is InChI=1S/C10H16N2O2S2/c1-7(10-5-15-8(2)12-10)11-9-3-4-16(13,14)6-9/h5,7,9,11H,3-4,6H2,1-2H3. The Bertz CT molecular complexity index is 467. The van der Waals surface area contributed by atoms with Gasteiger partial charge in [0.15, 0.2) is 9.84 Å². The van der Waals surface area contributed by atoms with Crippen molar-refractivity contribution >= 4 is 21.2 Å². The molecule has 16 heavy (non-hydrogen) atoms. The zero-order chi connectivity index (χ0) is 11.8. The number of hydrogen-bond donors (Lipinski definition) is 1. The van der Waals surface area contributed by atoms with Crippen molar-refractivity contribution in [2.45, 2.75) is 32.4 Å². The SMILES string of the molecule is Cc1nc(C(C)NC2CCS(=O)(=O)C2)cs1. The summed E-state index contributed by atoms with van der Waals surface area (Å²) in [6.07, 6.45) is 0.718. The first-order valence-corrected chi connectivity index (χ1v) is 8.05. The quantitative estimate of drug-likeness (QED) is 0.889. The minimum atomic E-state index is -2.80. The molecule has 1 aliphatic heterocycles. The summed E-state index contributed by atoms with van der Waals surface area (Å²) >= 11 is 1.62. The van der Waals surface area contributed by atoms with Crippen molar-refractivity contribution in [3.63, 3.8) is 0 Å². The smallest absolute Gasteiger partial charge is 0.151 e. The molecular formula is C10H16N2O2S2. The van der Waals surface area contributed by atoms with E-state index in [4.69, 9.17) is 0 Å². The van der Waals surface area contributed by atoms with E-state index in [0.29, 0.717) is 5.75 Å². The van der Waals surface area contributed by atoms with Crippen LogP contribution >= 0.6 is 11.3 Å². The van der Waals surface area contributed by atoms with Crippen LogP contribution in [0.1, 0.15) is 30.1 Å². The Labute approximate surface area is 100 Å². The summed E-state index contributed by atoms with van der Waals surface area (Å²) in [6, 6.07) is 0.213. The van der Waals surface area contributed by atoms with Gasteiger partial charge in [0.25, 0.3) is 0 Å². The number of sulfone groups is 1. The van der Waals surface area contributed by atoms with Crippen LogP contribution in [0.25, 0.3) is 0 Å². The highest BCUT2D eigenvalue weighted by Gasteiger charge is 2.28.